The van der Waals surface area contributed by atoms with Crippen LogP contribution in [0.4, 0.5) is 0 Å². The van der Waals surface area contributed by atoms with Crippen LogP contribution in [0.5, 0.6) is 5.88 Å². The van der Waals surface area contributed by atoms with Gasteiger partial charge in [-0.3, -0.25) is 0 Å². The van der Waals surface area contributed by atoms with Crippen LogP contribution in [0.25, 0.3) is 17.0 Å². The van der Waals surface area contributed by atoms with Crippen molar-refractivity contribution < 1.29 is 13.2 Å². The molecule has 0 aliphatic carbocycles. The van der Waals surface area contributed by atoms with Gasteiger partial charge in [-0.15, -0.1) is 15.3 Å². The molecule has 2 aromatic heterocycles. The van der Waals surface area contributed by atoms with Crippen LogP contribution in [0.2, 0.25) is 10.0 Å². The third-order valence-electron chi connectivity index (χ3n) is 4.12. The normalized spacial score (nSPS) is 11.7. The summed E-state index contributed by atoms with van der Waals surface area (Å²) in [5, 5.41) is 13.6. The van der Waals surface area contributed by atoms with Gasteiger partial charge in [0.15, 0.2) is 11.5 Å². The van der Waals surface area contributed by atoms with Crippen molar-refractivity contribution in [2.45, 2.75) is 4.90 Å². The second-order valence-electron chi connectivity index (χ2n) is 6.15. The molecule has 0 saturated carbocycles. The first-order chi connectivity index (χ1) is 14.4. The first kappa shape index (κ1) is 20.5. The van der Waals surface area contributed by atoms with Crippen molar-refractivity contribution in [3.05, 3.63) is 70.7 Å². The van der Waals surface area contributed by atoms with Crippen molar-refractivity contribution in [2.24, 2.45) is 0 Å². The first-order valence-electron chi connectivity index (χ1n) is 8.79. The van der Waals surface area contributed by atoms with E-state index in [-0.39, 0.29) is 18.0 Å². The second kappa shape index (κ2) is 8.57. The molecule has 4 rings (SSSR count). The van der Waals surface area contributed by atoms with Gasteiger partial charge in [-0.1, -0.05) is 35.3 Å². The van der Waals surface area contributed by atoms with E-state index in [1.807, 2.05) is 18.2 Å². The Balaban J connectivity index is 1.44. The van der Waals surface area contributed by atoms with Crippen LogP contribution in [0, 0.1) is 0 Å². The zero-order valence-corrected chi connectivity index (χ0v) is 17.7. The molecule has 4 aromatic rings. The van der Waals surface area contributed by atoms with Gasteiger partial charge in [-0.05, 0) is 42.5 Å². The average molecular weight is 464 g/mol. The maximum absolute atomic E-state index is 12.3. The molecular formula is C19H15Cl2N5O3S. The number of sulfonamides is 1. The number of ether oxygens (including phenoxy) is 1. The molecule has 0 fully saturated rings. The van der Waals surface area contributed by atoms with Crippen molar-refractivity contribution in [1.29, 1.82) is 0 Å². The minimum atomic E-state index is -3.65. The molecule has 30 heavy (non-hydrogen) atoms. The molecule has 2 heterocycles. The summed E-state index contributed by atoms with van der Waals surface area (Å²) in [6.07, 6.45) is 0. The smallest absolute Gasteiger partial charge is 0.240 e. The van der Waals surface area contributed by atoms with E-state index >= 15 is 0 Å². The zero-order chi connectivity index (χ0) is 21.1. The van der Waals surface area contributed by atoms with E-state index in [1.165, 1.54) is 28.8 Å². The van der Waals surface area contributed by atoms with Gasteiger partial charge < -0.3 is 4.74 Å². The number of nitrogens with one attached hydrogen (secondary N) is 1. The predicted molar refractivity (Wildman–Crippen MR) is 113 cm³/mol. The monoisotopic (exact) mass is 463 g/mol. The summed E-state index contributed by atoms with van der Waals surface area (Å²) in [5.41, 5.74) is 1.22. The summed E-state index contributed by atoms with van der Waals surface area (Å²) in [7, 11) is -3.65. The minimum absolute atomic E-state index is 0.0597. The zero-order valence-electron chi connectivity index (χ0n) is 15.4. The molecule has 0 unspecified atom stereocenters. The van der Waals surface area contributed by atoms with Crippen LogP contribution >= 0.6 is 23.2 Å². The lowest BCUT2D eigenvalue weighted by atomic mass is 10.2. The Bertz CT molecular complexity index is 1290. The van der Waals surface area contributed by atoms with E-state index in [0.29, 0.717) is 33.0 Å². The molecule has 0 spiro atoms. The van der Waals surface area contributed by atoms with E-state index < -0.39 is 10.0 Å². The summed E-state index contributed by atoms with van der Waals surface area (Å²) in [5.74, 6) is 0.769. The molecule has 8 nitrogen and oxygen atoms in total. The topological polar surface area (TPSA) is 98.5 Å². The number of nitrogens with zero attached hydrogens (tertiary/aromatic N) is 4. The van der Waals surface area contributed by atoms with Gasteiger partial charge in [-0.2, -0.15) is 4.52 Å². The van der Waals surface area contributed by atoms with Crippen LogP contribution in [-0.2, 0) is 10.0 Å². The first-order valence-corrected chi connectivity index (χ1v) is 11.0. The van der Waals surface area contributed by atoms with Gasteiger partial charge >= 0.3 is 0 Å². The van der Waals surface area contributed by atoms with Crippen LogP contribution in [0.15, 0.2) is 65.6 Å². The fourth-order valence-electron chi connectivity index (χ4n) is 2.69. The standard InChI is InChI=1S/C19H15Cl2N5O3S/c20-13-5-7-14(8-6-13)30(27,28)22-11-12-29-18-10-9-17-23-24-19(26(17)25-18)15-3-1-2-4-16(15)21/h1-10,22H,11-12H2. The highest BCUT2D eigenvalue weighted by Gasteiger charge is 2.15. The summed E-state index contributed by atoms with van der Waals surface area (Å²) in [4.78, 5) is 0.125. The van der Waals surface area contributed by atoms with Gasteiger partial charge in [0.05, 0.1) is 9.92 Å². The highest BCUT2D eigenvalue weighted by molar-refractivity contribution is 7.89. The van der Waals surface area contributed by atoms with Crippen LogP contribution in [-0.4, -0.2) is 41.4 Å². The Hall–Kier alpha value is -2.72. The summed E-state index contributed by atoms with van der Waals surface area (Å²) >= 11 is 12.0. The number of hydrogen-bond acceptors (Lipinski definition) is 6. The Kier molecular flexibility index (Phi) is 5.87. The fourth-order valence-corrected chi connectivity index (χ4v) is 4.05. The number of hydrogen-bond donors (Lipinski definition) is 1. The maximum Gasteiger partial charge on any atom is 0.240 e. The average Bonchev–Trinajstić information content (AvgIpc) is 3.15. The molecule has 0 amide bonds. The number of halogens is 2. The molecule has 11 heteroatoms. The quantitative estimate of drug-likeness (QED) is 0.421. The van der Waals surface area contributed by atoms with Gasteiger partial charge in [0.25, 0.3) is 0 Å². The Labute approximate surface area is 182 Å². The lowest BCUT2D eigenvalue weighted by Gasteiger charge is -2.09. The van der Waals surface area contributed by atoms with Crippen molar-refractivity contribution in [3.8, 4) is 17.3 Å². The van der Waals surface area contributed by atoms with Crippen molar-refractivity contribution >= 4 is 38.9 Å². The SMILES string of the molecule is O=S(=O)(NCCOc1ccc2nnc(-c3ccccc3Cl)n2n1)c1ccc(Cl)cc1. The van der Waals surface area contributed by atoms with Gasteiger partial charge in [0.1, 0.15) is 6.61 Å². The van der Waals surface area contributed by atoms with E-state index in [0.717, 1.165) is 0 Å². The maximum atomic E-state index is 12.3. The van der Waals surface area contributed by atoms with E-state index in [2.05, 4.69) is 20.0 Å². The Morgan fingerprint density at radius 1 is 0.967 bits per heavy atom. The lowest BCUT2D eigenvalue weighted by molar-refractivity contribution is 0.306. The van der Waals surface area contributed by atoms with Crippen LogP contribution < -0.4 is 9.46 Å². The molecule has 1 N–H and O–H groups in total. The predicted octanol–water partition coefficient (Wildman–Crippen LogP) is 3.46. The minimum Gasteiger partial charge on any atom is -0.475 e. The molecule has 0 aliphatic heterocycles. The second-order valence-corrected chi connectivity index (χ2v) is 8.76. The van der Waals surface area contributed by atoms with Gasteiger partial charge in [-0.25, -0.2) is 13.1 Å². The molecule has 2 aromatic carbocycles. The van der Waals surface area contributed by atoms with Crippen LogP contribution in [0.1, 0.15) is 0 Å². The Morgan fingerprint density at radius 3 is 2.50 bits per heavy atom. The third-order valence-corrected chi connectivity index (χ3v) is 6.18. The molecule has 0 saturated heterocycles. The summed E-state index contributed by atoms with van der Waals surface area (Å²) < 4.78 is 34.1. The number of fused-ring (bicyclic) bond motifs is 1. The summed E-state index contributed by atoms with van der Waals surface area (Å²) in [6.45, 7) is 0.138. The van der Waals surface area contributed by atoms with Crippen molar-refractivity contribution in [2.75, 3.05) is 13.2 Å². The fraction of sp³-hybridized carbons (Fsp3) is 0.105. The number of rotatable bonds is 7. The molecule has 0 atom stereocenters. The van der Waals surface area contributed by atoms with Crippen LogP contribution in [0.3, 0.4) is 0 Å². The Morgan fingerprint density at radius 2 is 1.73 bits per heavy atom. The van der Waals surface area contributed by atoms with E-state index in [1.54, 1.807) is 18.2 Å². The van der Waals surface area contributed by atoms with E-state index in [4.69, 9.17) is 27.9 Å². The van der Waals surface area contributed by atoms with Gasteiger partial charge in [0, 0.05) is 23.2 Å². The summed E-state index contributed by atoms with van der Waals surface area (Å²) in [6, 6.07) is 16.5. The molecule has 0 bridgehead atoms. The molecule has 0 radical (unpaired) electrons. The lowest BCUT2D eigenvalue weighted by Crippen LogP contribution is -2.28. The van der Waals surface area contributed by atoms with Crippen molar-refractivity contribution in [3.63, 3.8) is 0 Å². The molecular weight excluding hydrogens is 449 g/mol. The largest absolute Gasteiger partial charge is 0.475 e. The number of benzene rings is 2. The highest BCUT2D eigenvalue weighted by atomic mass is 35.5. The highest BCUT2D eigenvalue weighted by Crippen LogP contribution is 2.26. The molecule has 0 aliphatic rings. The van der Waals surface area contributed by atoms with E-state index in [9.17, 15) is 8.42 Å². The molecule has 154 valence electrons. The third kappa shape index (κ3) is 4.39. The van der Waals surface area contributed by atoms with Crippen molar-refractivity contribution in [1.82, 2.24) is 24.5 Å². The van der Waals surface area contributed by atoms with Gasteiger partial charge in [0.2, 0.25) is 15.9 Å². The number of aromatic nitrogens is 4.